The Balaban J connectivity index is 2.41. The zero-order valence-electron chi connectivity index (χ0n) is 12.8. The van der Waals surface area contributed by atoms with E-state index >= 15 is 0 Å². The van der Waals surface area contributed by atoms with Crippen molar-refractivity contribution in [3.05, 3.63) is 11.6 Å². The number of rotatable bonds is 0. The summed E-state index contributed by atoms with van der Waals surface area (Å²) in [5.74, 6) is 2.13. The lowest BCUT2D eigenvalue weighted by Gasteiger charge is -2.49. The van der Waals surface area contributed by atoms with Gasteiger partial charge in [-0.05, 0) is 33.1 Å². The van der Waals surface area contributed by atoms with Gasteiger partial charge in [-0.1, -0.05) is 20.8 Å². The number of nitrogens with zero attached hydrogens (tertiary/aromatic N) is 4. The molecule has 0 bridgehead atoms. The third-order valence-corrected chi connectivity index (χ3v) is 3.92. The van der Waals surface area contributed by atoms with Crippen LogP contribution in [-0.2, 0) is 13.1 Å². The van der Waals surface area contributed by atoms with Gasteiger partial charge < -0.3 is 4.57 Å². The van der Waals surface area contributed by atoms with E-state index < -0.39 is 0 Å². The van der Waals surface area contributed by atoms with Crippen LogP contribution in [0.3, 0.4) is 0 Å². The second-order valence-corrected chi connectivity index (χ2v) is 7.45. The van der Waals surface area contributed by atoms with Gasteiger partial charge in [-0.25, -0.2) is 0 Å². The lowest BCUT2D eigenvalue weighted by Crippen LogP contribution is -2.57. The van der Waals surface area contributed by atoms with Crippen LogP contribution in [-0.4, -0.2) is 31.2 Å². The Morgan fingerprint density at radius 1 is 1.06 bits per heavy atom. The van der Waals surface area contributed by atoms with E-state index in [0.717, 1.165) is 24.7 Å². The number of aromatic nitrogens is 3. The normalized spacial score (nSPS) is 22.1. The molecule has 2 rings (SSSR count). The van der Waals surface area contributed by atoms with Gasteiger partial charge in [0.2, 0.25) is 0 Å². The molecule has 4 heteroatoms. The third-order valence-electron chi connectivity index (χ3n) is 3.92. The van der Waals surface area contributed by atoms with E-state index in [1.807, 2.05) is 6.92 Å². The zero-order valence-corrected chi connectivity index (χ0v) is 12.8. The molecular formula is C14H26N4. The first kappa shape index (κ1) is 13.5. The summed E-state index contributed by atoms with van der Waals surface area (Å²) in [7, 11) is 0. The van der Waals surface area contributed by atoms with Gasteiger partial charge in [0.15, 0.2) is 0 Å². The molecule has 0 amide bonds. The van der Waals surface area contributed by atoms with E-state index in [-0.39, 0.29) is 11.0 Å². The van der Waals surface area contributed by atoms with Crippen molar-refractivity contribution in [1.82, 2.24) is 19.7 Å². The van der Waals surface area contributed by atoms with Crippen LogP contribution in [0.1, 0.15) is 53.2 Å². The zero-order chi connectivity index (χ0) is 13.7. The maximum Gasteiger partial charge on any atom is 0.147 e. The third kappa shape index (κ3) is 2.30. The Labute approximate surface area is 110 Å². The molecule has 1 aliphatic heterocycles. The van der Waals surface area contributed by atoms with E-state index in [9.17, 15) is 0 Å². The van der Waals surface area contributed by atoms with Gasteiger partial charge in [0.25, 0.3) is 0 Å². The highest BCUT2D eigenvalue weighted by Gasteiger charge is 2.40. The molecule has 2 heterocycles. The summed E-state index contributed by atoms with van der Waals surface area (Å²) in [6, 6.07) is 0.514. The molecule has 1 aromatic rings. The second kappa shape index (κ2) is 4.05. The molecule has 4 nitrogen and oxygen atoms in total. The molecule has 0 aromatic carbocycles. The Bertz CT molecular complexity index is 434. The van der Waals surface area contributed by atoms with Crippen LogP contribution in [0.2, 0.25) is 0 Å². The Morgan fingerprint density at radius 2 is 1.67 bits per heavy atom. The molecule has 1 unspecified atom stereocenters. The lowest BCUT2D eigenvalue weighted by atomic mass is 9.82. The van der Waals surface area contributed by atoms with Crippen LogP contribution in [0.15, 0.2) is 0 Å². The van der Waals surface area contributed by atoms with Gasteiger partial charge in [-0.2, -0.15) is 0 Å². The first-order chi connectivity index (χ1) is 8.10. The minimum atomic E-state index is 0.156. The smallest absolute Gasteiger partial charge is 0.147 e. The number of hydrogen-bond acceptors (Lipinski definition) is 3. The minimum Gasteiger partial charge on any atom is -0.313 e. The maximum absolute atomic E-state index is 4.31. The van der Waals surface area contributed by atoms with Crippen molar-refractivity contribution in [3.63, 3.8) is 0 Å². The molecule has 18 heavy (non-hydrogen) atoms. The van der Waals surface area contributed by atoms with Gasteiger partial charge in [0, 0.05) is 18.1 Å². The SMILES string of the molecule is Cc1nnc2n1CC(C(C)(C)C)N(C(C)(C)C)C2. The predicted octanol–water partition coefficient (Wildman–Crippen LogP) is 2.62. The van der Waals surface area contributed by atoms with Crippen LogP contribution in [0, 0.1) is 12.3 Å². The fourth-order valence-corrected chi connectivity index (χ4v) is 2.76. The van der Waals surface area contributed by atoms with Crippen molar-refractivity contribution < 1.29 is 0 Å². The number of aryl methyl sites for hydroxylation is 1. The Hall–Kier alpha value is -0.900. The molecule has 1 atom stereocenters. The molecule has 0 fully saturated rings. The van der Waals surface area contributed by atoms with Crippen molar-refractivity contribution in [2.45, 2.75) is 73.1 Å². The Kier molecular flexibility index (Phi) is 3.05. The molecule has 1 aromatic heterocycles. The van der Waals surface area contributed by atoms with Crippen LogP contribution < -0.4 is 0 Å². The standard InChI is InChI=1S/C14H26N4/c1-10-15-16-12-9-18(14(5,6)7)11(8-17(10)12)13(2,3)4/h11H,8-9H2,1-7H3. The molecular weight excluding hydrogens is 224 g/mol. The van der Waals surface area contributed by atoms with Crippen molar-refractivity contribution in [3.8, 4) is 0 Å². The molecule has 0 radical (unpaired) electrons. The van der Waals surface area contributed by atoms with Gasteiger partial charge in [-0.15, -0.1) is 10.2 Å². The van der Waals surface area contributed by atoms with Gasteiger partial charge in [0.05, 0.1) is 6.54 Å². The minimum absolute atomic E-state index is 0.156. The summed E-state index contributed by atoms with van der Waals surface area (Å²) in [5, 5.41) is 8.53. The van der Waals surface area contributed by atoms with Crippen molar-refractivity contribution in [2.24, 2.45) is 5.41 Å². The average molecular weight is 250 g/mol. The van der Waals surface area contributed by atoms with Crippen LogP contribution in [0.4, 0.5) is 0 Å². The molecule has 0 aliphatic carbocycles. The van der Waals surface area contributed by atoms with Crippen LogP contribution in [0.5, 0.6) is 0 Å². The maximum atomic E-state index is 4.31. The van der Waals surface area contributed by atoms with E-state index in [1.165, 1.54) is 0 Å². The predicted molar refractivity (Wildman–Crippen MR) is 73.3 cm³/mol. The molecule has 102 valence electrons. The first-order valence-electron chi connectivity index (χ1n) is 6.76. The number of hydrogen-bond donors (Lipinski definition) is 0. The van der Waals surface area contributed by atoms with Gasteiger partial charge >= 0.3 is 0 Å². The fraction of sp³-hybridized carbons (Fsp3) is 0.857. The van der Waals surface area contributed by atoms with E-state index in [2.05, 4.69) is 61.2 Å². The average Bonchev–Trinajstić information content (AvgIpc) is 2.56. The highest BCUT2D eigenvalue weighted by molar-refractivity contribution is 5.04. The quantitative estimate of drug-likeness (QED) is 0.710. The van der Waals surface area contributed by atoms with Crippen molar-refractivity contribution in [1.29, 1.82) is 0 Å². The topological polar surface area (TPSA) is 34.0 Å². The van der Waals surface area contributed by atoms with Crippen LogP contribution in [0.25, 0.3) is 0 Å². The van der Waals surface area contributed by atoms with E-state index in [4.69, 9.17) is 0 Å². The summed E-state index contributed by atoms with van der Waals surface area (Å²) < 4.78 is 2.28. The van der Waals surface area contributed by atoms with E-state index in [1.54, 1.807) is 0 Å². The summed E-state index contributed by atoms with van der Waals surface area (Å²) in [6.07, 6.45) is 0. The highest BCUT2D eigenvalue weighted by atomic mass is 15.4. The number of fused-ring (bicyclic) bond motifs is 1. The molecule has 0 saturated carbocycles. The lowest BCUT2D eigenvalue weighted by molar-refractivity contribution is -0.0137. The monoisotopic (exact) mass is 250 g/mol. The van der Waals surface area contributed by atoms with Gasteiger partial charge in [0.1, 0.15) is 11.6 Å². The Morgan fingerprint density at radius 3 is 2.17 bits per heavy atom. The first-order valence-corrected chi connectivity index (χ1v) is 6.76. The van der Waals surface area contributed by atoms with E-state index in [0.29, 0.717) is 6.04 Å². The summed E-state index contributed by atoms with van der Waals surface area (Å²) in [5.41, 5.74) is 0.407. The molecule has 0 saturated heterocycles. The fourth-order valence-electron chi connectivity index (χ4n) is 2.76. The van der Waals surface area contributed by atoms with Crippen molar-refractivity contribution >= 4 is 0 Å². The summed E-state index contributed by atoms with van der Waals surface area (Å²) in [4.78, 5) is 2.57. The van der Waals surface area contributed by atoms with Crippen LogP contribution >= 0.6 is 0 Å². The van der Waals surface area contributed by atoms with Crippen molar-refractivity contribution in [2.75, 3.05) is 0 Å². The van der Waals surface area contributed by atoms with Gasteiger partial charge in [-0.3, -0.25) is 4.90 Å². The molecule has 1 aliphatic rings. The summed E-state index contributed by atoms with van der Waals surface area (Å²) in [6.45, 7) is 17.7. The molecule has 0 spiro atoms. The largest absolute Gasteiger partial charge is 0.313 e. The highest BCUT2D eigenvalue weighted by Crippen LogP contribution is 2.35. The second-order valence-electron chi connectivity index (χ2n) is 7.45. The summed E-state index contributed by atoms with van der Waals surface area (Å²) >= 11 is 0. The molecule has 0 N–H and O–H groups in total.